The molecule has 0 N–H and O–H groups in total. The first-order chi connectivity index (χ1) is 31.6. The Kier molecular flexibility index (Phi) is 13.3. The van der Waals surface area contributed by atoms with E-state index >= 15 is 0 Å². The standard InChI is InChI=1S/C26H32N6O.C16H20N4O.C9H9NO/c1-29-11-13-31(14-12-29)25-7-3-6-24-28-21(17-32(24)25)22-15-19(33)16-23(30(22)2)26-20(18-8-9-18)5-4-10-27-26;1-13(21)6-7-14-12-20-15(17-14)4-3-5-16(20)19-10-8-18(2)9-11-19;11-6-9-8(7-3-4-7)2-1-5-10-9/h3-7,10,17-18,22-23H,8-9,11-16H2,1-2H3;3-7,12H,8-11H2,1-2H3;1-2,5-7H,3-4H2/b;7-6+;. The van der Waals surface area contributed by atoms with E-state index in [1.807, 2.05) is 42.7 Å². The Hall–Kier alpha value is -6.09. The molecule has 3 saturated heterocycles. The summed E-state index contributed by atoms with van der Waals surface area (Å²) in [6.07, 6.45) is 17.8. The lowest BCUT2D eigenvalue weighted by Gasteiger charge is -2.38. The van der Waals surface area contributed by atoms with Crippen LogP contribution in [0.15, 0.2) is 91.5 Å². The molecule has 0 radical (unpaired) electrons. The van der Waals surface area contributed by atoms with Crippen LogP contribution in [0.2, 0.25) is 0 Å². The molecule has 2 aliphatic carbocycles. The number of rotatable bonds is 9. The van der Waals surface area contributed by atoms with Crippen molar-refractivity contribution in [2.45, 2.75) is 69.4 Å². The Morgan fingerprint density at radius 2 is 1.20 bits per heavy atom. The number of aromatic nitrogens is 6. The number of nitrogens with zero attached hydrogens (tertiary/aromatic N) is 11. The predicted octanol–water partition coefficient (Wildman–Crippen LogP) is 6.90. The maximum Gasteiger partial charge on any atom is 0.168 e. The number of likely N-dealkylation sites (tertiary alicyclic amines) is 1. The van der Waals surface area contributed by atoms with Crippen LogP contribution in [0.25, 0.3) is 17.4 Å². The SMILES string of the molecule is CC(=O)/C=C/c1cn2c(N3CCN(C)CC3)cccc2n1.CN1CCN(c2cccc3nc(C4CC(=O)CC(c5ncccc5C5CC5)N4C)cn23)CC1.O=Cc1ncccc1C1CC1. The average Bonchev–Trinajstić information content (AvgIpc) is 4.27. The van der Waals surface area contributed by atoms with Crippen LogP contribution in [0.1, 0.15) is 108 Å². The van der Waals surface area contributed by atoms with E-state index in [4.69, 9.17) is 9.97 Å². The molecular formula is C51H61N11O3. The van der Waals surface area contributed by atoms with E-state index < -0.39 is 0 Å². The van der Waals surface area contributed by atoms with Gasteiger partial charge in [0.15, 0.2) is 12.1 Å². The molecule has 2 saturated carbocycles. The van der Waals surface area contributed by atoms with Crippen molar-refractivity contribution in [1.82, 2.24) is 43.4 Å². The van der Waals surface area contributed by atoms with Crippen LogP contribution in [0.3, 0.4) is 0 Å². The molecule has 9 heterocycles. The predicted molar refractivity (Wildman–Crippen MR) is 255 cm³/mol. The molecule has 2 atom stereocenters. The van der Waals surface area contributed by atoms with Crippen LogP contribution < -0.4 is 9.80 Å². The highest BCUT2D eigenvalue weighted by atomic mass is 16.1. The number of carbonyl (C=O) groups excluding carboxylic acids is 3. The number of hydrogen-bond acceptors (Lipinski definition) is 12. The van der Waals surface area contributed by atoms with Gasteiger partial charge in [-0.2, -0.15) is 0 Å². The van der Waals surface area contributed by atoms with E-state index in [2.05, 4.69) is 101 Å². The minimum atomic E-state index is -0.0365. The van der Waals surface area contributed by atoms with Crippen LogP contribution in [0.5, 0.6) is 0 Å². The summed E-state index contributed by atoms with van der Waals surface area (Å²) in [5.74, 6) is 3.90. The first-order valence-electron chi connectivity index (χ1n) is 23.2. The third kappa shape index (κ3) is 10.2. The second-order valence-corrected chi connectivity index (χ2v) is 18.3. The van der Waals surface area contributed by atoms with Crippen LogP contribution in [0, 0.1) is 0 Å². The molecule has 6 aromatic rings. The van der Waals surface area contributed by atoms with Crippen molar-refractivity contribution >= 4 is 46.9 Å². The number of hydrogen-bond donors (Lipinski definition) is 0. The number of likely N-dealkylation sites (N-methyl/N-ethyl adjacent to an activating group) is 2. The van der Waals surface area contributed by atoms with Crippen LogP contribution in [-0.4, -0.2) is 135 Å². The summed E-state index contributed by atoms with van der Waals surface area (Å²) in [6.45, 7) is 9.87. The zero-order valence-corrected chi connectivity index (χ0v) is 38.2. The highest BCUT2D eigenvalue weighted by Crippen LogP contribution is 2.46. The number of pyridine rings is 4. The number of fused-ring (bicyclic) bond motifs is 2. The van der Waals surface area contributed by atoms with Crippen molar-refractivity contribution in [3.8, 4) is 0 Å². The van der Waals surface area contributed by atoms with Gasteiger partial charge in [-0.25, -0.2) is 9.97 Å². The molecule has 5 aliphatic rings. The number of anilines is 2. The molecule has 0 aromatic carbocycles. The summed E-state index contributed by atoms with van der Waals surface area (Å²) in [6, 6.07) is 20.6. The molecule has 14 nitrogen and oxygen atoms in total. The average molecular weight is 876 g/mol. The van der Waals surface area contributed by atoms with Crippen molar-refractivity contribution in [1.29, 1.82) is 0 Å². The van der Waals surface area contributed by atoms with Gasteiger partial charge in [0.05, 0.1) is 29.2 Å². The number of Topliss-reactive ketones (excluding diaryl/α,β-unsaturated/α-hetero) is 1. The molecule has 6 aromatic heterocycles. The highest BCUT2D eigenvalue weighted by Gasteiger charge is 2.39. The van der Waals surface area contributed by atoms with Gasteiger partial charge in [0.25, 0.3) is 0 Å². The minimum absolute atomic E-state index is 0.00923. The molecule has 2 unspecified atom stereocenters. The Labute approximate surface area is 381 Å². The largest absolute Gasteiger partial charge is 0.355 e. The van der Waals surface area contributed by atoms with Gasteiger partial charge >= 0.3 is 0 Å². The summed E-state index contributed by atoms with van der Waals surface area (Å²) >= 11 is 0. The summed E-state index contributed by atoms with van der Waals surface area (Å²) in [4.78, 5) is 64.6. The molecule has 0 bridgehead atoms. The fourth-order valence-corrected chi connectivity index (χ4v) is 9.40. The van der Waals surface area contributed by atoms with E-state index in [1.54, 1.807) is 25.3 Å². The van der Waals surface area contributed by atoms with Crippen molar-refractivity contribution < 1.29 is 14.4 Å². The number of piperazine rings is 2. The van der Waals surface area contributed by atoms with Gasteiger partial charge in [-0.15, -0.1) is 0 Å². The quantitative estimate of drug-likeness (QED) is 0.111. The molecule has 0 amide bonds. The zero-order valence-electron chi connectivity index (χ0n) is 38.2. The van der Waals surface area contributed by atoms with Gasteiger partial charge in [-0.3, -0.25) is 38.1 Å². The number of imidazole rings is 2. The van der Waals surface area contributed by atoms with Gasteiger partial charge in [-0.1, -0.05) is 24.3 Å². The molecular weight excluding hydrogens is 815 g/mol. The van der Waals surface area contributed by atoms with Gasteiger partial charge in [0.2, 0.25) is 0 Å². The van der Waals surface area contributed by atoms with E-state index in [-0.39, 0.29) is 17.9 Å². The van der Waals surface area contributed by atoms with Crippen LogP contribution >= 0.6 is 0 Å². The van der Waals surface area contributed by atoms with E-state index in [1.165, 1.54) is 37.1 Å². The lowest BCUT2D eigenvalue weighted by molar-refractivity contribution is -0.125. The second kappa shape index (κ2) is 19.6. The number of piperidine rings is 1. The maximum atomic E-state index is 12.9. The Balaban J connectivity index is 0.000000141. The molecule has 3 aliphatic heterocycles. The normalized spacial score (nSPS) is 21.0. The highest BCUT2D eigenvalue weighted by molar-refractivity contribution is 5.91. The molecule has 338 valence electrons. The fourth-order valence-electron chi connectivity index (χ4n) is 9.40. The lowest BCUT2D eigenvalue weighted by Crippen LogP contribution is -2.45. The monoisotopic (exact) mass is 875 g/mol. The van der Waals surface area contributed by atoms with Gasteiger partial charge in [0.1, 0.15) is 34.4 Å². The van der Waals surface area contributed by atoms with Crippen molar-refractivity contribution in [2.24, 2.45) is 0 Å². The topological polar surface area (TPSA) is 128 Å². The van der Waals surface area contributed by atoms with Gasteiger partial charge in [0, 0.05) is 90.0 Å². The van der Waals surface area contributed by atoms with Crippen molar-refractivity contribution in [2.75, 3.05) is 83.3 Å². The van der Waals surface area contributed by atoms with Gasteiger partial charge < -0.3 is 19.6 Å². The minimum Gasteiger partial charge on any atom is -0.355 e. The van der Waals surface area contributed by atoms with Crippen LogP contribution in [-0.2, 0) is 9.59 Å². The third-order valence-electron chi connectivity index (χ3n) is 13.5. The first kappa shape index (κ1) is 44.1. The maximum absolute atomic E-state index is 12.9. The Bertz CT molecular complexity index is 2670. The van der Waals surface area contributed by atoms with E-state index in [9.17, 15) is 14.4 Å². The van der Waals surface area contributed by atoms with E-state index in [0.717, 1.165) is 98.4 Å². The van der Waals surface area contributed by atoms with Crippen molar-refractivity contribution in [3.05, 3.63) is 125 Å². The third-order valence-corrected chi connectivity index (χ3v) is 13.5. The van der Waals surface area contributed by atoms with Gasteiger partial charge in [-0.05, 0) is 125 Å². The number of carbonyl (C=O) groups is 3. The molecule has 11 rings (SSSR count). The Morgan fingerprint density at radius 1 is 0.646 bits per heavy atom. The molecule has 5 fully saturated rings. The number of aldehydes is 1. The van der Waals surface area contributed by atoms with Crippen molar-refractivity contribution in [3.63, 3.8) is 0 Å². The first-order valence-corrected chi connectivity index (χ1v) is 23.2. The summed E-state index contributed by atoms with van der Waals surface area (Å²) in [5.41, 5.74) is 7.80. The second-order valence-electron chi connectivity index (χ2n) is 18.3. The Morgan fingerprint density at radius 3 is 1.80 bits per heavy atom. The fraction of sp³-hybridized carbons (Fsp3) is 0.431. The summed E-state index contributed by atoms with van der Waals surface area (Å²) in [5, 5.41) is 0. The molecule has 14 heteroatoms. The lowest BCUT2D eigenvalue weighted by atomic mass is 9.89. The summed E-state index contributed by atoms with van der Waals surface area (Å²) < 4.78 is 4.31. The molecule has 65 heavy (non-hydrogen) atoms. The number of ketones is 2. The van der Waals surface area contributed by atoms with Crippen LogP contribution in [0.4, 0.5) is 11.6 Å². The smallest absolute Gasteiger partial charge is 0.168 e. The van der Waals surface area contributed by atoms with E-state index in [0.29, 0.717) is 36.2 Å². The molecule has 0 spiro atoms. The number of allylic oxidation sites excluding steroid dienone is 1. The zero-order chi connectivity index (χ0) is 45.0. The summed E-state index contributed by atoms with van der Waals surface area (Å²) in [7, 11) is 6.47.